The smallest absolute Gasteiger partial charge is 0.186 e. The summed E-state index contributed by atoms with van der Waals surface area (Å²) in [5.41, 5.74) is 5.52. The van der Waals surface area contributed by atoms with Gasteiger partial charge < -0.3 is 25.4 Å². The van der Waals surface area contributed by atoms with Gasteiger partial charge in [0.05, 0.1) is 0 Å². The van der Waals surface area contributed by atoms with Gasteiger partial charge in [0, 0.05) is 13.2 Å². The van der Waals surface area contributed by atoms with Gasteiger partial charge in [0.15, 0.2) is 6.29 Å². The molecular formula is C7H15NO4. The van der Waals surface area contributed by atoms with E-state index in [9.17, 15) is 10.2 Å². The third kappa shape index (κ3) is 1.60. The Morgan fingerprint density at radius 2 is 2.00 bits per heavy atom. The Morgan fingerprint density at radius 3 is 2.25 bits per heavy atom. The lowest BCUT2D eigenvalue weighted by Gasteiger charge is -2.17. The first kappa shape index (κ1) is 9.88. The van der Waals surface area contributed by atoms with Crippen LogP contribution in [-0.4, -0.2) is 48.0 Å². The summed E-state index contributed by atoms with van der Waals surface area (Å²) in [4.78, 5) is 0. The van der Waals surface area contributed by atoms with Crippen molar-refractivity contribution in [3.8, 4) is 0 Å². The summed E-state index contributed by atoms with van der Waals surface area (Å²) in [7, 11) is 1.41. The van der Waals surface area contributed by atoms with Crippen LogP contribution in [0.4, 0.5) is 0 Å². The van der Waals surface area contributed by atoms with E-state index in [1.807, 2.05) is 0 Å². The molecule has 5 atom stereocenters. The van der Waals surface area contributed by atoms with Gasteiger partial charge in [-0.05, 0) is 6.92 Å². The molecule has 0 aromatic rings. The van der Waals surface area contributed by atoms with Gasteiger partial charge in [-0.1, -0.05) is 0 Å². The second kappa shape index (κ2) is 3.68. The first-order valence-corrected chi connectivity index (χ1v) is 3.88. The fraction of sp³-hybridized carbons (Fsp3) is 1.00. The highest BCUT2D eigenvalue weighted by atomic mass is 16.7. The topological polar surface area (TPSA) is 84.9 Å². The molecule has 0 saturated carbocycles. The predicted octanol–water partition coefficient (Wildman–Crippen LogP) is -1.57. The second-order valence-electron chi connectivity index (χ2n) is 3.05. The van der Waals surface area contributed by atoms with Gasteiger partial charge in [0.1, 0.15) is 18.3 Å². The van der Waals surface area contributed by atoms with Gasteiger partial charge in [-0.15, -0.1) is 0 Å². The van der Waals surface area contributed by atoms with Crippen LogP contribution in [0.1, 0.15) is 6.92 Å². The minimum Gasteiger partial charge on any atom is -0.387 e. The number of hydrogen-bond donors (Lipinski definition) is 3. The van der Waals surface area contributed by atoms with Crippen LogP contribution in [-0.2, 0) is 9.47 Å². The molecular weight excluding hydrogens is 162 g/mol. The molecule has 1 aliphatic rings. The molecule has 1 saturated heterocycles. The summed E-state index contributed by atoms with van der Waals surface area (Å²) < 4.78 is 9.94. The lowest BCUT2D eigenvalue weighted by Crippen LogP contribution is -2.41. The number of ether oxygens (including phenoxy) is 2. The molecule has 5 nitrogen and oxygen atoms in total. The van der Waals surface area contributed by atoms with Crippen LogP contribution in [0.25, 0.3) is 0 Å². The average molecular weight is 177 g/mol. The molecule has 72 valence electrons. The summed E-state index contributed by atoms with van der Waals surface area (Å²) in [5, 5.41) is 18.7. The molecule has 1 fully saturated rings. The minimum atomic E-state index is -1.01. The standard InChI is InChI=1S/C7H15NO4/c1-3(8)6-4(9)5(10)7(11-2)12-6/h3-7,9-10H,8H2,1-2H3/t3-,4-,5+,6+,7+/m0/s1. The Kier molecular flexibility index (Phi) is 3.03. The van der Waals surface area contributed by atoms with E-state index >= 15 is 0 Å². The quantitative estimate of drug-likeness (QED) is 0.474. The largest absolute Gasteiger partial charge is 0.387 e. The lowest BCUT2D eigenvalue weighted by molar-refractivity contribution is -0.150. The van der Waals surface area contributed by atoms with E-state index in [4.69, 9.17) is 15.2 Å². The van der Waals surface area contributed by atoms with Gasteiger partial charge in [-0.3, -0.25) is 0 Å². The number of rotatable bonds is 2. The molecule has 1 heterocycles. The Hall–Kier alpha value is -0.200. The number of methoxy groups -OCH3 is 1. The molecule has 1 rings (SSSR count). The molecule has 1 aliphatic heterocycles. The van der Waals surface area contributed by atoms with Crippen molar-refractivity contribution < 1.29 is 19.7 Å². The third-order valence-corrected chi connectivity index (χ3v) is 2.01. The zero-order valence-electron chi connectivity index (χ0n) is 7.18. The van der Waals surface area contributed by atoms with Crippen molar-refractivity contribution in [1.82, 2.24) is 0 Å². The first-order chi connectivity index (χ1) is 5.57. The maximum Gasteiger partial charge on any atom is 0.186 e. The predicted molar refractivity (Wildman–Crippen MR) is 41.3 cm³/mol. The van der Waals surface area contributed by atoms with Gasteiger partial charge >= 0.3 is 0 Å². The van der Waals surface area contributed by atoms with Crippen molar-refractivity contribution in [1.29, 1.82) is 0 Å². The molecule has 0 spiro atoms. The number of hydrogen-bond acceptors (Lipinski definition) is 5. The van der Waals surface area contributed by atoms with Crippen LogP contribution in [0.15, 0.2) is 0 Å². The van der Waals surface area contributed by atoms with Gasteiger partial charge in [-0.2, -0.15) is 0 Å². The highest BCUT2D eigenvalue weighted by Crippen LogP contribution is 2.22. The maximum atomic E-state index is 9.39. The van der Waals surface area contributed by atoms with Crippen LogP contribution < -0.4 is 5.73 Å². The Labute approximate surface area is 71.1 Å². The highest BCUT2D eigenvalue weighted by molar-refractivity contribution is 4.90. The molecule has 5 heteroatoms. The van der Waals surface area contributed by atoms with E-state index in [1.54, 1.807) is 6.92 Å². The molecule has 0 amide bonds. The molecule has 0 unspecified atom stereocenters. The van der Waals surface area contributed by atoms with Gasteiger partial charge in [0.25, 0.3) is 0 Å². The van der Waals surface area contributed by atoms with E-state index in [2.05, 4.69) is 0 Å². The highest BCUT2D eigenvalue weighted by Gasteiger charge is 2.44. The maximum absolute atomic E-state index is 9.39. The monoisotopic (exact) mass is 177 g/mol. The first-order valence-electron chi connectivity index (χ1n) is 3.88. The van der Waals surface area contributed by atoms with Crippen molar-refractivity contribution in [2.75, 3.05) is 7.11 Å². The molecule has 0 radical (unpaired) electrons. The van der Waals surface area contributed by atoms with Crippen LogP contribution in [0.5, 0.6) is 0 Å². The fourth-order valence-electron chi connectivity index (χ4n) is 1.30. The number of aliphatic hydroxyl groups excluding tert-OH is 2. The Balaban J connectivity index is 2.60. The van der Waals surface area contributed by atoms with E-state index in [0.29, 0.717) is 0 Å². The van der Waals surface area contributed by atoms with Gasteiger partial charge in [-0.25, -0.2) is 0 Å². The number of aliphatic hydroxyl groups is 2. The molecule has 4 N–H and O–H groups in total. The molecule has 0 aromatic heterocycles. The lowest BCUT2D eigenvalue weighted by atomic mass is 10.1. The third-order valence-electron chi connectivity index (χ3n) is 2.01. The van der Waals surface area contributed by atoms with Crippen LogP contribution in [0.2, 0.25) is 0 Å². The zero-order chi connectivity index (χ0) is 9.30. The van der Waals surface area contributed by atoms with E-state index in [1.165, 1.54) is 7.11 Å². The van der Waals surface area contributed by atoms with Crippen molar-refractivity contribution in [2.45, 2.75) is 37.6 Å². The summed E-state index contributed by atoms with van der Waals surface area (Å²) in [6, 6.07) is -0.324. The molecule has 0 bridgehead atoms. The zero-order valence-corrected chi connectivity index (χ0v) is 7.18. The second-order valence-corrected chi connectivity index (χ2v) is 3.05. The summed E-state index contributed by atoms with van der Waals surface area (Å²) in [5.74, 6) is 0. The van der Waals surface area contributed by atoms with Crippen LogP contribution in [0, 0.1) is 0 Å². The van der Waals surface area contributed by atoms with E-state index in [-0.39, 0.29) is 6.04 Å². The Bertz CT molecular complexity index is 152. The Morgan fingerprint density at radius 1 is 1.42 bits per heavy atom. The van der Waals surface area contributed by atoms with Crippen molar-refractivity contribution in [3.05, 3.63) is 0 Å². The van der Waals surface area contributed by atoms with Crippen molar-refractivity contribution >= 4 is 0 Å². The van der Waals surface area contributed by atoms with E-state index in [0.717, 1.165) is 0 Å². The summed E-state index contributed by atoms with van der Waals surface area (Å²) in [6.07, 6.45) is -3.29. The SMILES string of the molecule is CO[C@@H]1O[C@H]([C@H](C)N)[C@@H](O)[C@H]1O. The van der Waals surface area contributed by atoms with Crippen molar-refractivity contribution in [3.63, 3.8) is 0 Å². The molecule has 12 heavy (non-hydrogen) atoms. The normalized spacial score (nSPS) is 44.8. The molecule has 0 aliphatic carbocycles. The fourth-order valence-corrected chi connectivity index (χ4v) is 1.30. The number of nitrogens with two attached hydrogens (primary N) is 1. The molecule has 0 aromatic carbocycles. The summed E-state index contributed by atoms with van der Waals surface area (Å²) >= 11 is 0. The summed E-state index contributed by atoms with van der Waals surface area (Å²) in [6.45, 7) is 1.71. The van der Waals surface area contributed by atoms with Crippen LogP contribution in [0.3, 0.4) is 0 Å². The van der Waals surface area contributed by atoms with Crippen molar-refractivity contribution in [2.24, 2.45) is 5.73 Å². The minimum absolute atomic E-state index is 0.324. The van der Waals surface area contributed by atoms with Gasteiger partial charge in [0.2, 0.25) is 0 Å². The van der Waals surface area contributed by atoms with Crippen LogP contribution >= 0.6 is 0 Å². The average Bonchev–Trinajstić information content (AvgIpc) is 2.30. The van der Waals surface area contributed by atoms with E-state index < -0.39 is 24.6 Å².